The van der Waals surface area contributed by atoms with Gasteiger partial charge in [-0.2, -0.15) is 5.10 Å². The number of carbonyl (C=O) groups is 1. The molecule has 0 saturated heterocycles. The fourth-order valence-corrected chi connectivity index (χ4v) is 4.03. The zero-order valence-corrected chi connectivity index (χ0v) is 24.2. The largest absolute Gasteiger partial charge is 0.507 e. The summed E-state index contributed by atoms with van der Waals surface area (Å²) in [6.07, 6.45) is 2.48. The van der Waals surface area contributed by atoms with E-state index in [1.165, 1.54) is 11.8 Å². The number of nitrogens with zero attached hydrogens (tertiary/aromatic N) is 3. The Hall–Kier alpha value is -2.90. The fourth-order valence-electron chi connectivity index (χ4n) is 4.03. The molecule has 0 atom stereocenters. The highest BCUT2D eigenvalue weighted by atomic mass is 16.5. The first-order valence-corrected chi connectivity index (χ1v) is 12.9. The minimum absolute atomic E-state index is 0.0784. The highest BCUT2D eigenvalue weighted by molar-refractivity contribution is 5.86. The van der Waals surface area contributed by atoms with Crippen LogP contribution in [0.1, 0.15) is 70.2 Å². The molecule has 204 valence electrons. The predicted molar refractivity (Wildman–Crippen MR) is 153 cm³/mol. The Morgan fingerprint density at radius 1 is 1.00 bits per heavy atom. The van der Waals surface area contributed by atoms with Gasteiger partial charge in [0.05, 0.1) is 19.9 Å². The van der Waals surface area contributed by atoms with E-state index in [-0.39, 0.29) is 29.0 Å². The third-order valence-corrected chi connectivity index (χ3v) is 6.31. The van der Waals surface area contributed by atoms with E-state index in [9.17, 15) is 9.90 Å². The molecule has 0 bridgehead atoms. The number of phenols is 1. The van der Waals surface area contributed by atoms with Crippen molar-refractivity contribution < 1.29 is 14.6 Å². The predicted octanol–water partition coefficient (Wildman–Crippen LogP) is 4.90. The number of aromatic hydroxyl groups is 1. The second-order valence-electron chi connectivity index (χ2n) is 11.9. The molecule has 0 aliphatic rings. The zero-order chi connectivity index (χ0) is 27.8. The number of rotatable bonds is 11. The molecule has 0 radical (unpaired) electrons. The molecule has 2 rings (SSSR count). The lowest BCUT2D eigenvalue weighted by molar-refractivity contribution is -0.121. The molecular formula is C30H46N4O3. The Morgan fingerprint density at radius 2 is 1.62 bits per heavy atom. The van der Waals surface area contributed by atoms with Crippen molar-refractivity contribution in [3.05, 3.63) is 58.7 Å². The first-order valence-electron chi connectivity index (χ1n) is 12.9. The highest BCUT2D eigenvalue weighted by Crippen LogP contribution is 2.37. The highest BCUT2D eigenvalue weighted by Gasteiger charge is 2.24. The van der Waals surface area contributed by atoms with Crippen LogP contribution in [0.3, 0.4) is 0 Å². The Balaban J connectivity index is 1.85. The van der Waals surface area contributed by atoms with Crippen LogP contribution in [0.25, 0.3) is 0 Å². The van der Waals surface area contributed by atoms with Crippen LogP contribution < -0.4 is 10.2 Å². The molecule has 1 amide bonds. The van der Waals surface area contributed by atoms with Crippen LogP contribution in [0.5, 0.6) is 11.5 Å². The Kier molecular flexibility index (Phi) is 10.7. The van der Waals surface area contributed by atoms with Crippen molar-refractivity contribution in [2.75, 3.05) is 40.8 Å². The van der Waals surface area contributed by atoms with Gasteiger partial charge in [-0.25, -0.2) is 5.43 Å². The van der Waals surface area contributed by atoms with Crippen molar-refractivity contribution in [2.24, 2.45) is 5.10 Å². The number of likely N-dealkylation sites (N-methyl/N-ethyl adjacent to an activating group) is 1. The number of hydrazone groups is 1. The second-order valence-corrected chi connectivity index (χ2v) is 11.9. The molecular weight excluding hydrogens is 464 g/mol. The van der Waals surface area contributed by atoms with E-state index in [4.69, 9.17) is 4.74 Å². The molecule has 0 saturated carbocycles. The number of carbonyl (C=O) groups excluding carboxylic acids is 1. The van der Waals surface area contributed by atoms with Gasteiger partial charge >= 0.3 is 0 Å². The van der Waals surface area contributed by atoms with Crippen LogP contribution in [0.15, 0.2) is 41.5 Å². The van der Waals surface area contributed by atoms with E-state index in [1.807, 2.05) is 30.1 Å². The summed E-state index contributed by atoms with van der Waals surface area (Å²) >= 11 is 0. The molecule has 7 heteroatoms. The summed E-state index contributed by atoms with van der Waals surface area (Å²) in [7, 11) is 5.70. The molecule has 37 heavy (non-hydrogen) atoms. The topological polar surface area (TPSA) is 77.4 Å². The van der Waals surface area contributed by atoms with Crippen LogP contribution in [-0.4, -0.2) is 67.9 Å². The minimum Gasteiger partial charge on any atom is -0.507 e. The standard InChI is InChI=1S/C30H46N4O3/c1-29(2,3)24-17-23(28(36)26(18-24)30(4,5)6)19-31-32-27(35)21-34(8)16-10-15-33(7)20-22-11-13-25(37-9)14-12-22/h11-14,17-19,36H,10,15-16,20-21H2,1-9H3,(H,32,35)/b31-19+. The molecule has 2 aromatic rings. The molecule has 0 aromatic heterocycles. The maximum Gasteiger partial charge on any atom is 0.254 e. The SMILES string of the molecule is COc1ccc(CN(C)CCCN(C)CC(=O)N/N=C/c2cc(C(C)(C)C)cc(C(C)(C)C)c2O)cc1. The summed E-state index contributed by atoms with van der Waals surface area (Å²) < 4.78 is 5.21. The van der Waals surface area contributed by atoms with Crippen LogP contribution in [0.2, 0.25) is 0 Å². The number of amides is 1. The van der Waals surface area contributed by atoms with Crippen molar-refractivity contribution in [1.82, 2.24) is 15.2 Å². The number of benzene rings is 2. The van der Waals surface area contributed by atoms with Crippen LogP contribution in [0, 0.1) is 0 Å². The van der Waals surface area contributed by atoms with Gasteiger partial charge in [-0.15, -0.1) is 0 Å². The van der Waals surface area contributed by atoms with Crippen LogP contribution >= 0.6 is 0 Å². The summed E-state index contributed by atoms with van der Waals surface area (Å²) in [4.78, 5) is 16.7. The van der Waals surface area contributed by atoms with Gasteiger partial charge in [0, 0.05) is 17.7 Å². The summed E-state index contributed by atoms with van der Waals surface area (Å²) in [5.74, 6) is 0.878. The van der Waals surface area contributed by atoms with Gasteiger partial charge in [0.25, 0.3) is 5.91 Å². The third-order valence-electron chi connectivity index (χ3n) is 6.31. The second kappa shape index (κ2) is 13.1. The Morgan fingerprint density at radius 3 is 2.19 bits per heavy atom. The Bertz CT molecular complexity index is 1050. The smallest absolute Gasteiger partial charge is 0.254 e. The van der Waals surface area contributed by atoms with Crippen molar-refractivity contribution in [1.29, 1.82) is 0 Å². The van der Waals surface area contributed by atoms with Gasteiger partial charge < -0.3 is 14.7 Å². The third kappa shape index (κ3) is 9.82. The van der Waals surface area contributed by atoms with Gasteiger partial charge in [-0.1, -0.05) is 59.7 Å². The first-order chi connectivity index (χ1) is 17.2. The molecule has 2 aromatic carbocycles. The van der Waals surface area contributed by atoms with E-state index in [2.05, 4.69) is 82.2 Å². The number of methoxy groups -OCH3 is 1. The average Bonchev–Trinajstić information content (AvgIpc) is 2.79. The lowest BCUT2D eigenvalue weighted by Crippen LogP contribution is -2.34. The van der Waals surface area contributed by atoms with E-state index in [1.54, 1.807) is 7.11 Å². The van der Waals surface area contributed by atoms with Gasteiger partial charge in [-0.05, 0) is 73.8 Å². The maximum absolute atomic E-state index is 12.4. The summed E-state index contributed by atoms with van der Waals surface area (Å²) in [6, 6.07) is 12.1. The number of ether oxygens (including phenoxy) is 1. The maximum atomic E-state index is 12.4. The molecule has 7 nitrogen and oxygen atoms in total. The van der Waals surface area contributed by atoms with Crippen LogP contribution in [-0.2, 0) is 22.2 Å². The van der Waals surface area contributed by atoms with E-state index < -0.39 is 0 Å². The summed E-state index contributed by atoms with van der Waals surface area (Å²) in [5.41, 5.74) is 6.12. The van der Waals surface area contributed by atoms with Crippen LogP contribution in [0.4, 0.5) is 0 Å². The Labute approximate surface area is 223 Å². The minimum atomic E-state index is -0.220. The summed E-state index contributed by atoms with van der Waals surface area (Å²) in [5, 5.41) is 15.0. The van der Waals surface area contributed by atoms with Gasteiger partial charge in [-0.3, -0.25) is 9.69 Å². The fraction of sp³-hybridized carbons (Fsp3) is 0.533. The molecule has 0 heterocycles. The van der Waals surface area contributed by atoms with E-state index in [0.717, 1.165) is 42.9 Å². The monoisotopic (exact) mass is 510 g/mol. The first kappa shape index (κ1) is 30.3. The van der Waals surface area contributed by atoms with Gasteiger partial charge in [0.15, 0.2) is 0 Å². The van der Waals surface area contributed by atoms with Crippen molar-refractivity contribution in [3.63, 3.8) is 0 Å². The molecule has 2 N–H and O–H groups in total. The normalized spacial score (nSPS) is 12.5. The molecule has 0 fully saturated rings. The lowest BCUT2D eigenvalue weighted by Gasteiger charge is -2.26. The molecule has 0 aliphatic heterocycles. The van der Waals surface area contributed by atoms with E-state index in [0.29, 0.717) is 5.56 Å². The molecule has 0 spiro atoms. The molecule has 0 unspecified atom stereocenters. The van der Waals surface area contributed by atoms with Gasteiger partial charge in [0.1, 0.15) is 11.5 Å². The molecule has 0 aliphatic carbocycles. The van der Waals surface area contributed by atoms with Crippen molar-refractivity contribution >= 4 is 12.1 Å². The average molecular weight is 511 g/mol. The van der Waals surface area contributed by atoms with E-state index >= 15 is 0 Å². The zero-order valence-electron chi connectivity index (χ0n) is 24.2. The number of hydrogen-bond acceptors (Lipinski definition) is 6. The number of phenolic OH excluding ortho intramolecular Hbond substituents is 1. The summed E-state index contributed by atoms with van der Waals surface area (Å²) in [6.45, 7) is 15.5. The van der Waals surface area contributed by atoms with Crippen molar-refractivity contribution in [3.8, 4) is 11.5 Å². The van der Waals surface area contributed by atoms with Gasteiger partial charge in [0.2, 0.25) is 0 Å². The number of hydrogen-bond donors (Lipinski definition) is 2. The lowest BCUT2D eigenvalue weighted by atomic mass is 9.79. The quantitative estimate of drug-likeness (QED) is 0.332. The number of nitrogens with one attached hydrogen (secondary N) is 1. The van der Waals surface area contributed by atoms with Crippen molar-refractivity contribution in [2.45, 2.75) is 65.3 Å².